The van der Waals surface area contributed by atoms with Crippen molar-refractivity contribution in [2.24, 2.45) is 11.5 Å². The molecule has 0 amide bonds. The Hall–Kier alpha value is -0.915. The van der Waals surface area contributed by atoms with E-state index in [1.807, 2.05) is 30.3 Å². The van der Waals surface area contributed by atoms with Crippen molar-refractivity contribution >= 4 is 12.4 Å². The number of nitrogens with two attached hydrogens (primary N) is 2. The first-order valence-corrected chi connectivity index (χ1v) is 5.81. The Morgan fingerprint density at radius 1 is 1.28 bits per heavy atom. The Balaban J connectivity index is 2.96. The van der Waals surface area contributed by atoms with Crippen LogP contribution >= 0.6 is 0 Å². The molecule has 6 heteroatoms. The molecule has 0 heterocycles. The van der Waals surface area contributed by atoms with Crippen LogP contribution in [-0.4, -0.2) is 50.9 Å². The second kappa shape index (κ2) is 6.87. The maximum Gasteiger partial charge on any atom is 0.348 e. The Labute approximate surface area is 108 Å². The van der Waals surface area contributed by atoms with Gasteiger partial charge in [0.15, 0.2) is 0 Å². The zero-order valence-electron chi connectivity index (χ0n) is 10.9. The molecule has 5 nitrogen and oxygen atoms in total. The van der Waals surface area contributed by atoms with Crippen LogP contribution in [0, 0.1) is 0 Å². The normalized spacial score (nSPS) is 16.1. The van der Waals surface area contributed by atoms with Gasteiger partial charge in [0.25, 0.3) is 0 Å². The van der Waals surface area contributed by atoms with E-state index in [1.54, 1.807) is 7.11 Å². The molecule has 0 aromatic heterocycles. The predicted octanol–water partition coefficient (Wildman–Crippen LogP) is -1.27. The average Bonchev–Trinajstić information content (AvgIpc) is 2.39. The highest BCUT2D eigenvalue weighted by atomic mass is 16.5. The van der Waals surface area contributed by atoms with Crippen molar-refractivity contribution in [2.75, 3.05) is 27.4 Å². The van der Waals surface area contributed by atoms with Gasteiger partial charge in [-0.15, -0.1) is 0 Å². The van der Waals surface area contributed by atoms with Crippen LogP contribution in [0.2, 0.25) is 0 Å². The van der Waals surface area contributed by atoms with Gasteiger partial charge >= 0.3 is 6.92 Å². The fourth-order valence-electron chi connectivity index (χ4n) is 1.92. The maximum absolute atomic E-state index is 10.4. The van der Waals surface area contributed by atoms with Crippen LogP contribution in [-0.2, 0) is 9.47 Å². The minimum absolute atomic E-state index is 0.146. The Kier molecular flexibility index (Phi) is 5.78. The lowest BCUT2D eigenvalue weighted by molar-refractivity contribution is 0.109. The molecule has 2 unspecified atom stereocenters. The molecule has 0 fully saturated rings. The summed E-state index contributed by atoms with van der Waals surface area (Å²) in [6, 6.07) is 8.64. The number of ether oxygens (including phenoxy) is 2. The van der Waals surface area contributed by atoms with Crippen molar-refractivity contribution in [3.8, 4) is 0 Å². The SMILES string of the molecule is COCC(N)C(N)(COC)B(O)c1ccccc1. The fourth-order valence-corrected chi connectivity index (χ4v) is 1.92. The molecule has 1 rings (SSSR count). The van der Waals surface area contributed by atoms with E-state index in [1.165, 1.54) is 7.11 Å². The first-order valence-electron chi connectivity index (χ1n) is 5.81. The molecule has 2 atom stereocenters. The fraction of sp³-hybridized carbons (Fsp3) is 0.500. The average molecular weight is 252 g/mol. The molecule has 0 radical (unpaired) electrons. The monoisotopic (exact) mass is 252 g/mol. The zero-order chi connectivity index (χ0) is 13.6. The van der Waals surface area contributed by atoms with Gasteiger partial charge < -0.3 is 26.0 Å². The highest BCUT2D eigenvalue weighted by Gasteiger charge is 2.44. The van der Waals surface area contributed by atoms with Crippen LogP contribution in [0.1, 0.15) is 0 Å². The molecule has 0 spiro atoms. The highest BCUT2D eigenvalue weighted by molar-refractivity contribution is 6.69. The molecule has 100 valence electrons. The first-order chi connectivity index (χ1) is 8.56. The molecule has 0 saturated heterocycles. The summed E-state index contributed by atoms with van der Waals surface area (Å²) in [6.07, 6.45) is 0. The molecular formula is C12H21BN2O3. The summed E-state index contributed by atoms with van der Waals surface area (Å²) in [5, 5.41) is 10.4. The molecule has 18 heavy (non-hydrogen) atoms. The van der Waals surface area contributed by atoms with E-state index in [2.05, 4.69) is 0 Å². The van der Waals surface area contributed by atoms with Gasteiger partial charge in [-0.3, -0.25) is 0 Å². The van der Waals surface area contributed by atoms with Gasteiger partial charge in [-0.1, -0.05) is 30.3 Å². The molecule has 0 aliphatic carbocycles. The topological polar surface area (TPSA) is 90.7 Å². The smallest absolute Gasteiger partial charge is 0.348 e. The summed E-state index contributed by atoms with van der Waals surface area (Å²) in [5.74, 6) is 0. The Morgan fingerprint density at radius 2 is 1.89 bits per heavy atom. The number of benzene rings is 1. The van der Waals surface area contributed by atoms with Crippen molar-refractivity contribution < 1.29 is 14.5 Å². The standard InChI is InChI=1S/C12H21BN2O3/c1-17-8-11(14)12(15,9-18-2)13(16)10-6-4-3-5-7-10/h3-7,11,16H,8-9,14-15H2,1-2H3. The molecule has 5 N–H and O–H groups in total. The van der Waals surface area contributed by atoms with Crippen molar-refractivity contribution in [1.82, 2.24) is 0 Å². The van der Waals surface area contributed by atoms with Crippen molar-refractivity contribution in [2.45, 2.75) is 11.5 Å². The van der Waals surface area contributed by atoms with Crippen LogP contribution in [0.5, 0.6) is 0 Å². The molecule has 0 bridgehead atoms. The van der Waals surface area contributed by atoms with E-state index >= 15 is 0 Å². The minimum atomic E-state index is -1.09. The van der Waals surface area contributed by atoms with Gasteiger partial charge in [-0.2, -0.15) is 0 Å². The Bertz CT molecular complexity index is 352. The molecule has 0 saturated carbocycles. The molecule has 1 aromatic carbocycles. The van der Waals surface area contributed by atoms with Gasteiger partial charge in [-0.05, 0) is 5.46 Å². The summed E-state index contributed by atoms with van der Waals surface area (Å²) in [7, 11) is 3.07. The van der Waals surface area contributed by atoms with Gasteiger partial charge in [0.2, 0.25) is 0 Å². The van der Waals surface area contributed by atoms with E-state index in [-0.39, 0.29) is 13.2 Å². The predicted molar refractivity (Wildman–Crippen MR) is 72.7 cm³/mol. The second-order valence-corrected chi connectivity index (χ2v) is 4.42. The molecular weight excluding hydrogens is 231 g/mol. The quantitative estimate of drug-likeness (QED) is 0.526. The molecule has 1 aromatic rings. The van der Waals surface area contributed by atoms with E-state index in [0.29, 0.717) is 5.46 Å². The second-order valence-electron chi connectivity index (χ2n) is 4.42. The van der Waals surface area contributed by atoms with E-state index < -0.39 is 18.4 Å². The van der Waals surface area contributed by atoms with E-state index in [9.17, 15) is 5.02 Å². The van der Waals surface area contributed by atoms with Gasteiger partial charge in [-0.25, -0.2) is 0 Å². The van der Waals surface area contributed by atoms with Crippen LogP contribution in [0.4, 0.5) is 0 Å². The number of rotatable bonds is 7. The van der Waals surface area contributed by atoms with Crippen LogP contribution in [0.25, 0.3) is 0 Å². The summed E-state index contributed by atoms with van der Waals surface area (Å²) in [4.78, 5) is 0. The summed E-state index contributed by atoms with van der Waals surface area (Å²) < 4.78 is 10.1. The van der Waals surface area contributed by atoms with E-state index in [0.717, 1.165) is 0 Å². The number of hydrogen-bond acceptors (Lipinski definition) is 5. The number of methoxy groups -OCH3 is 2. The number of hydrogen-bond donors (Lipinski definition) is 3. The summed E-state index contributed by atoms with van der Waals surface area (Å²) >= 11 is 0. The van der Waals surface area contributed by atoms with Gasteiger partial charge in [0.05, 0.1) is 18.7 Å². The zero-order valence-corrected chi connectivity index (χ0v) is 10.9. The van der Waals surface area contributed by atoms with Crippen molar-refractivity contribution in [3.63, 3.8) is 0 Å². The third-order valence-corrected chi connectivity index (χ3v) is 3.06. The van der Waals surface area contributed by atoms with Crippen molar-refractivity contribution in [1.29, 1.82) is 0 Å². The van der Waals surface area contributed by atoms with Crippen LogP contribution < -0.4 is 16.9 Å². The first kappa shape index (κ1) is 15.1. The van der Waals surface area contributed by atoms with Gasteiger partial charge in [0, 0.05) is 20.3 Å². The van der Waals surface area contributed by atoms with Gasteiger partial charge in [0.1, 0.15) is 0 Å². The lowest BCUT2D eigenvalue weighted by Gasteiger charge is -2.36. The van der Waals surface area contributed by atoms with Crippen LogP contribution in [0.15, 0.2) is 30.3 Å². The lowest BCUT2D eigenvalue weighted by atomic mass is 9.45. The largest absolute Gasteiger partial charge is 0.445 e. The molecule has 0 aliphatic heterocycles. The third kappa shape index (κ3) is 3.31. The summed E-state index contributed by atoms with van der Waals surface area (Å²) in [5.41, 5.74) is 11.9. The highest BCUT2D eigenvalue weighted by Crippen LogP contribution is 2.10. The lowest BCUT2D eigenvalue weighted by Crippen LogP contribution is -2.72. The van der Waals surface area contributed by atoms with Crippen molar-refractivity contribution in [3.05, 3.63) is 30.3 Å². The molecule has 0 aliphatic rings. The van der Waals surface area contributed by atoms with Crippen LogP contribution in [0.3, 0.4) is 0 Å². The minimum Gasteiger partial charge on any atom is -0.445 e. The third-order valence-electron chi connectivity index (χ3n) is 3.06. The Morgan fingerprint density at radius 3 is 2.39 bits per heavy atom. The maximum atomic E-state index is 10.4. The summed E-state index contributed by atoms with van der Waals surface area (Å²) in [6.45, 7) is -0.513. The van der Waals surface area contributed by atoms with E-state index in [4.69, 9.17) is 20.9 Å².